The molecule has 1 aromatic rings. The maximum absolute atomic E-state index is 13.7. The Kier molecular flexibility index (Phi) is 4.62. The fraction of sp³-hybridized carbons (Fsp3) is 0.462. The van der Waals surface area contributed by atoms with Crippen molar-refractivity contribution >= 4 is 40.9 Å². The maximum atomic E-state index is 13.7. The first-order chi connectivity index (χ1) is 8.49. The van der Waals surface area contributed by atoms with E-state index < -0.39 is 5.82 Å². The van der Waals surface area contributed by atoms with Gasteiger partial charge in [0.05, 0.1) is 10.8 Å². The van der Waals surface area contributed by atoms with E-state index in [1.54, 1.807) is 29.6 Å². The van der Waals surface area contributed by atoms with Crippen LogP contribution in [-0.2, 0) is 0 Å². The highest BCUT2D eigenvalue weighted by Gasteiger charge is 2.31. The number of benzene rings is 1. The van der Waals surface area contributed by atoms with Crippen LogP contribution in [0.4, 0.5) is 4.39 Å². The molecular weight excluding hydrogens is 291 g/mol. The molecule has 1 heterocycles. The van der Waals surface area contributed by atoms with E-state index in [0.717, 1.165) is 5.75 Å². The summed E-state index contributed by atoms with van der Waals surface area (Å²) < 4.78 is 13.7. The zero-order chi connectivity index (χ0) is 13.3. The van der Waals surface area contributed by atoms with Gasteiger partial charge in [0.15, 0.2) is 5.78 Å². The van der Waals surface area contributed by atoms with Crippen LogP contribution in [-0.4, -0.2) is 27.3 Å². The largest absolute Gasteiger partial charge is 0.293 e. The molecule has 0 aliphatic carbocycles. The van der Waals surface area contributed by atoms with Gasteiger partial charge in [0.2, 0.25) is 0 Å². The van der Waals surface area contributed by atoms with Crippen LogP contribution in [0.15, 0.2) is 18.2 Å². The molecule has 1 saturated heterocycles. The van der Waals surface area contributed by atoms with Crippen LogP contribution in [0.2, 0.25) is 5.02 Å². The molecule has 0 N–H and O–H groups in total. The van der Waals surface area contributed by atoms with Crippen molar-refractivity contribution in [1.29, 1.82) is 0 Å². The summed E-state index contributed by atoms with van der Waals surface area (Å²) in [5, 5.41) is 1.11. The van der Waals surface area contributed by atoms with Crippen LogP contribution in [0.1, 0.15) is 24.2 Å². The Morgan fingerprint density at radius 2 is 2.11 bits per heavy atom. The molecule has 0 amide bonds. The lowest BCUT2D eigenvalue weighted by Crippen LogP contribution is -2.32. The van der Waals surface area contributed by atoms with Crippen LogP contribution >= 0.6 is 35.1 Å². The number of ketones is 1. The average Bonchev–Trinajstić information content (AvgIpc) is 2.32. The second kappa shape index (κ2) is 5.85. The smallest absolute Gasteiger partial charge is 0.179 e. The predicted molar refractivity (Wildman–Crippen MR) is 78.5 cm³/mol. The topological polar surface area (TPSA) is 17.1 Å². The van der Waals surface area contributed by atoms with Crippen molar-refractivity contribution in [2.45, 2.75) is 29.6 Å². The summed E-state index contributed by atoms with van der Waals surface area (Å²) in [4.78, 5) is 12.3. The average molecular weight is 305 g/mol. The molecule has 0 bridgehead atoms. The summed E-state index contributed by atoms with van der Waals surface area (Å²) in [5.74, 6) is 0.0988. The standard InChI is InChI=1S/C13H14ClFOS2/c1-7-8(2)18-12(6-17-7)13(16)10-4-3-9(14)5-11(10)15/h3-5,7-8,12H,6H2,1-2H3. The Labute approximate surface area is 120 Å². The van der Waals surface area contributed by atoms with Gasteiger partial charge in [0.1, 0.15) is 5.82 Å². The molecule has 1 fully saturated rings. The van der Waals surface area contributed by atoms with Crippen molar-refractivity contribution in [3.05, 3.63) is 34.6 Å². The summed E-state index contributed by atoms with van der Waals surface area (Å²) in [6.07, 6.45) is 0. The van der Waals surface area contributed by atoms with E-state index >= 15 is 0 Å². The van der Waals surface area contributed by atoms with E-state index in [2.05, 4.69) is 13.8 Å². The molecule has 0 spiro atoms. The van der Waals surface area contributed by atoms with E-state index in [1.165, 1.54) is 12.1 Å². The summed E-state index contributed by atoms with van der Waals surface area (Å²) in [6, 6.07) is 4.24. The SMILES string of the molecule is CC1SCC(C(=O)c2ccc(Cl)cc2F)SC1C. The third kappa shape index (κ3) is 3.03. The second-order valence-corrected chi connectivity index (χ2v) is 7.79. The van der Waals surface area contributed by atoms with Gasteiger partial charge in [-0.1, -0.05) is 25.4 Å². The lowest BCUT2D eigenvalue weighted by Gasteiger charge is -2.30. The Bertz CT molecular complexity index is 466. The first kappa shape index (κ1) is 14.2. The summed E-state index contributed by atoms with van der Waals surface area (Å²) in [7, 11) is 0. The minimum Gasteiger partial charge on any atom is -0.293 e. The number of carbonyl (C=O) groups is 1. The molecule has 3 unspecified atom stereocenters. The predicted octanol–water partition coefficient (Wildman–Crippen LogP) is 4.29. The van der Waals surface area contributed by atoms with Gasteiger partial charge in [-0.05, 0) is 18.2 Å². The number of rotatable bonds is 2. The van der Waals surface area contributed by atoms with Crippen molar-refractivity contribution in [3.8, 4) is 0 Å². The molecule has 0 radical (unpaired) electrons. The van der Waals surface area contributed by atoms with Crippen LogP contribution in [0.5, 0.6) is 0 Å². The van der Waals surface area contributed by atoms with E-state index in [4.69, 9.17) is 11.6 Å². The van der Waals surface area contributed by atoms with E-state index in [9.17, 15) is 9.18 Å². The van der Waals surface area contributed by atoms with Crippen molar-refractivity contribution in [2.75, 3.05) is 5.75 Å². The van der Waals surface area contributed by atoms with Gasteiger partial charge >= 0.3 is 0 Å². The number of Topliss-reactive ketones (excluding diaryl/α,β-unsaturated/α-hetero) is 1. The second-order valence-electron chi connectivity index (χ2n) is 4.36. The molecule has 18 heavy (non-hydrogen) atoms. The van der Waals surface area contributed by atoms with Crippen LogP contribution in [0.25, 0.3) is 0 Å². The van der Waals surface area contributed by atoms with Crippen molar-refractivity contribution in [3.63, 3.8) is 0 Å². The van der Waals surface area contributed by atoms with Crippen LogP contribution in [0, 0.1) is 5.82 Å². The molecule has 0 aromatic heterocycles. The minimum atomic E-state index is -0.524. The molecule has 2 rings (SSSR count). The van der Waals surface area contributed by atoms with Gasteiger partial charge in [-0.15, -0.1) is 11.8 Å². The maximum Gasteiger partial charge on any atom is 0.179 e. The molecule has 3 atom stereocenters. The van der Waals surface area contributed by atoms with E-state index in [-0.39, 0.29) is 16.6 Å². The van der Waals surface area contributed by atoms with Gasteiger partial charge in [0, 0.05) is 21.3 Å². The molecule has 98 valence electrons. The third-order valence-electron chi connectivity index (χ3n) is 3.04. The summed E-state index contributed by atoms with van der Waals surface area (Å²) in [5.41, 5.74) is 0.152. The fourth-order valence-electron chi connectivity index (χ4n) is 1.78. The molecule has 1 aliphatic rings. The van der Waals surface area contributed by atoms with Gasteiger partial charge in [-0.25, -0.2) is 4.39 Å². The highest BCUT2D eigenvalue weighted by molar-refractivity contribution is 8.08. The van der Waals surface area contributed by atoms with E-state index in [1.807, 2.05) is 0 Å². The van der Waals surface area contributed by atoms with Crippen LogP contribution in [0.3, 0.4) is 0 Å². The Morgan fingerprint density at radius 1 is 1.39 bits per heavy atom. The quantitative estimate of drug-likeness (QED) is 0.759. The normalized spacial score (nSPS) is 28.1. The Balaban J connectivity index is 2.16. The first-order valence-corrected chi connectivity index (χ1v) is 8.12. The number of hydrogen-bond acceptors (Lipinski definition) is 3. The number of hydrogen-bond donors (Lipinski definition) is 0. The van der Waals surface area contributed by atoms with Crippen LogP contribution < -0.4 is 0 Å². The van der Waals surface area contributed by atoms with Gasteiger partial charge in [-0.2, -0.15) is 11.8 Å². The van der Waals surface area contributed by atoms with E-state index in [0.29, 0.717) is 15.5 Å². The van der Waals surface area contributed by atoms with Gasteiger partial charge in [-0.3, -0.25) is 4.79 Å². The molecule has 0 saturated carbocycles. The number of thioether (sulfide) groups is 2. The monoisotopic (exact) mass is 304 g/mol. The zero-order valence-electron chi connectivity index (χ0n) is 10.2. The fourth-order valence-corrected chi connectivity index (χ4v) is 4.81. The van der Waals surface area contributed by atoms with Crippen molar-refractivity contribution in [2.24, 2.45) is 0 Å². The summed E-state index contributed by atoms with van der Waals surface area (Å²) in [6.45, 7) is 4.27. The highest BCUT2D eigenvalue weighted by atomic mass is 35.5. The van der Waals surface area contributed by atoms with Crippen molar-refractivity contribution < 1.29 is 9.18 Å². The lowest BCUT2D eigenvalue weighted by molar-refractivity contribution is 0.0991. The molecule has 1 aromatic carbocycles. The molecule has 1 aliphatic heterocycles. The Hall–Kier alpha value is -0.190. The Morgan fingerprint density at radius 3 is 2.72 bits per heavy atom. The number of halogens is 2. The summed E-state index contributed by atoms with van der Waals surface area (Å²) >= 11 is 9.11. The zero-order valence-corrected chi connectivity index (χ0v) is 12.5. The molecule has 5 heteroatoms. The first-order valence-electron chi connectivity index (χ1n) is 5.75. The van der Waals surface area contributed by atoms with Gasteiger partial charge < -0.3 is 0 Å². The molecule has 1 nitrogen and oxygen atoms in total. The molecular formula is C13H14ClFOS2. The highest BCUT2D eigenvalue weighted by Crippen LogP contribution is 2.37. The number of carbonyl (C=O) groups excluding carboxylic acids is 1. The minimum absolute atomic E-state index is 0.125. The third-order valence-corrected chi connectivity index (χ3v) is 6.66. The lowest BCUT2D eigenvalue weighted by atomic mass is 10.1. The van der Waals surface area contributed by atoms with Gasteiger partial charge in [0.25, 0.3) is 0 Å². The van der Waals surface area contributed by atoms with Crippen molar-refractivity contribution in [1.82, 2.24) is 0 Å².